The van der Waals surface area contributed by atoms with E-state index in [-0.39, 0.29) is 13.1 Å². The quantitative estimate of drug-likeness (QED) is 0.697. The first kappa shape index (κ1) is 20.1. The van der Waals surface area contributed by atoms with E-state index in [0.29, 0.717) is 29.7 Å². The molecule has 0 radical (unpaired) electrons. The average molecular weight is 385 g/mol. The van der Waals surface area contributed by atoms with Gasteiger partial charge in [0.2, 0.25) is 10.0 Å². The average Bonchev–Trinajstić information content (AvgIpc) is 2.59. The molecule has 0 fully saturated rings. The molecule has 2 aromatic carbocycles. The van der Waals surface area contributed by atoms with Crippen LogP contribution in [0.15, 0.2) is 41.3 Å². The van der Waals surface area contributed by atoms with Crippen LogP contribution in [0.1, 0.15) is 19.4 Å². The molecule has 26 heavy (non-hydrogen) atoms. The Labute approximate surface area is 152 Å². The maximum atomic E-state index is 13.4. The van der Waals surface area contributed by atoms with Gasteiger partial charge in [0.05, 0.1) is 18.6 Å². The van der Waals surface area contributed by atoms with Crippen molar-refractivity contribution in [3.63, 3.8) is 0 Å². The van der Waals surface area contributed by atoms with Gasteiger partial charge in [0.25, 0.3) is 0 Å². The minimum Gasteiger partial charge on any atom is -0.493 e. The smallest absolute Gasteiger partial charge is 0.243 e. The third-order valence-electron chi connectivity index (χ3n) is 3.71. The van der Waals surface area contributed by atoms with Gasteiger partial charge in [-0.2, -0.15) is 4.31 Å². The number of ether oxygens (including phenoxy) is 2. The lowest BCUT2D eigenvalue weighted by Crippen LogP contribution is -2.30. The van der Waals surface area contributed by atoms with Crippen molar-refractivity contribution in [3.05, 3.63) is 53.6 Å². The number of hydrogen-bond acceptors (Lipinski definition) is 4. The lowest BCUT2D eigenvalue weighted by molar-refractivity contribution is 0.310. The fraction of sp³-hybridized carbons (Fsp3) is 0.333. The number of halogens is 2. The van der Waals surface area contributed by atoms with Crippen LogP contribution in [0, 0.1) is 11.6 Å². The van der Waals surface area contributed by atoms with Crippen LogP contribution in [-0.4, -0.2) is 33.0 Å². The second-order valence-corrected chi connectivity index (χ2v) is 7.39. The van der Waals surface area contributed by atoms with Gasteiger partial charge in [-0.15, -0.1) is 0 Å². The van der Waals surface area contributed by atoms with Crippen molar-refractivity contribution in [2.24, 2.45) is 0 Å². The zero-order valence-corrected chi connectivity index (χ0v) is 15.6. The zero-order valence-electron chi connectivity index (χ0n) is 14.8. The van der Waals surface area contributed by atoms with E-state index in [1.165, 1.54) is 7.11 Å². The molecule has 142 valence electrons. The maximum absolute atomic E-state index is 13.4. The van der Waals surface area contributed by atoms with Crippen molar-refractivity contribution in [1.29, 1.82) is 0 Å². The molecule has 5 nitrogen and oxygen atoms in total. The lowest BCUT2D eigenvalue weighted by atomic mass is 10.2. The first-order valence-electron chi connectivity index (χ1n) is 8.07. The predicted octanol–water partition coefficient (Wildman–Crippen LogP) is 3.58. The summed E-state index contributed by atoms with van der Waals surface area (Å²) >= 11 is 0. The molecule has 0 saturated heterocycles. The Kier molecular flexibility index (Phi) is 6.55. The number of hydrogen-bond donors (Lipinski definition) is 0. The number of methoxy groups -OCH3 is 1. The SMILES string of the molecule is CCOc1ccc(CN(CC)S(=O)(=O)c2cc(F)cc(F)c2)cc1OC. The molecule has 2 rings (SSSR count). The monoisotopic (exact) mass is 385 g/mol. The summed E-state index contributed by atoms with van der Waals surface area (Å²) < 4.78 is 64.1. The second kappa shape index (κ2) is 8.46. The van der Waals surface area contributed by atoms with Crippen LogP contribution in [0.2, 0.25) is 0 Å². The van der Waals surface area contributed by atoms with Gasteiger partial charge in [0.15, 0.2) is 11.5 Å². The highest BCUT2D eigenvalue weighted by molar-refractivity contribution is 7.89. The molecule has 0 saturated carbocycles. The topological polar surface area (TPSA) is 55.8 Å². The fourth-order valence-electron chi connectivity index (χ4n) is 2.48. The molecular formula is C18H21F2NO4S. The summed E-state index contributed by atoms with van der Waals surface area (Å²) in [6.45, 7) is 4.13. The van der Waals surface area contributed by atoms with Crippen LogP contribution in [0.25, 0.3) is 0 Å². The van der Waals surface area contributed by atoms with E-state index in [1.807, 2.05) is 6.92 Å². The molecule has 0 N–H and O–H groups in total. The van der Waals surface area contributed by atoms with Gasteiger partial charge in [-0.1, -0.05) is 13.0 Å². The summed E-state index contributed by atoms with van der Waals surface area (Å²) in [5, 5.41) is 0. The van der Waals surface area contributed by atoms with E-state index in [9.17, 15) is 17.2 Å². The van der Waals surface area contributed by atoms with Crippen molar-refractivity contribution in [3.8, 4) is 11.5 Å². The Morgan fingerprint density at radius 3 is 2.19 bits per heavy atom. The molecule has 0 bridgehead atoms. The van der Waals surface area contributed by atoms with Crippen LogP contribution < -0.4 is 9.47 Å². The summed E-state index contributed by atoms with van der Waals surface area (Å²) in [6.07, 6.45) is 0. The van der Waals surface area contributed by atoms with Crippen LogP contribution in [-0.2, 0) is 16.6 Å². The van der Waals surface area contributed by atoms with Gasteiger partial charge in [0.1, 0.15) is 11.6 Å². The van der Waals surface area contributed by atoms with E-state index in [0.717, 1.165) is 16.4 Å². The molecule has 0 aromatic heterocycles. The first-order valence-corrected chi connectivity index (χ1v) is 9.51. The highest BCUT2D eigenvalue weighted by Gasteiger charge is 2.25. The molecule has 8 heteroatoms. The van der Waals surface area contributed by atoms with E-state index in [1.54, 1.807) is 25.1 Å². The molecule has 0 spiro atoms. The van der Waals surface area contributed by atoms with Gasteiger partial charge in [-0.3, -0.25) is 0 Å². The van der Waals surface area contributed by atoms with Crippen LogP contribution in [0.5, 0.6) is 11.5 Å². The molecule has 0 aliphatic rings. The lowest BCUT2D eigenvalue weighted by Gasteiger charge is -2.21. The fourth-order valence-corrected chi connectivity index (χ4v) is 3.96. The minimum atomic E-state index is -4.05. The summed E-state index contributed by atoms with van der Waals surface area (Å²) in [7, 11) is -2.56. The molecular weight excluding hydrogens is 364 g/mol. The molecule has 2 aromatic rings. The summed E-state index contributed by atoms with van der Waals surface area (Å²) in [5.74, 6) is -0.851. The number of sulfonamides is 1. The number of benzene rings is 2. The van der Waals surface area contributed by atoms with E-state index in [2.05, 4.69) is 0 Å². The van der Waals surface area contributed by atoms with Crippen molar-refractivity contribution >= 4 is 10.0 Å². The van der Waals surface area contributed by atoms with Crippen LogP contribution in [0.4, 0.5) is 8.78 Å². The third kappa shape index (κ3) is 4.50. The molecule has 0 aliphatic heterocycles. The maximum Gasteiger partial charge on any atom is 0.243 e. The summed E-state index contributed by atoms with van der Waals surface area (Å²) in [6, 6.07) is 7.33. The standard InChI is InChI=1S/C18H21F2NO4S/c1-4-21(26(22,23)16-10-14(19)9-15(20)11-16)12-13-6-7-17(25-5-2)18(8-13)24-3/h6-11H,4-5,12H2,1-3H3. The van der Waals surface area contributed by atoms with Gasteiger partial charge in [-0.05, 0) is 36.8 Å². The Bertz CT molecular complexity index is 851. The van der Waals surface area contributed by atoms with Crippen LogP contribution in [0.3, 0.4) is 0 Å². The van der Waals surface area contributed by atoms with Crippen molar-refractivity contribution in [1.82, 2.24) is 4.31 Å². The van der Waals surface area contributed by atoms with Gasteiger partial charge in [0, 0.05) is 19.2 Å². The van der Waals surface area contributed by atoms with Crippen LogP contribution >= 0.6 is 0 Å². The number of nitrogens with zero attached hydrogens (tertiary/aromatic N) is 1. The van der Waals surface area contributed by atoms with Gasteiger partial charge < -0.3 is 9.47 Å². The zero-order chi connectivity index (χ0) is 19.3. The van der Waals surface area contributed by atoms with Gasteiger partial charge >= 0.3 is 0 Å². The predicted molar refractivity (Wildman–Crippen MR) is 93.8 cm³/mol. The molecule has 0 heterocycles. The van der Waals surface area contributed by atoms with E-state index in [4.69, 9.17) is 9.47 Å². The van der Waals surface area contributed by atoms with E-state index >= 15 is 0 Å². The number of rotatable bonds is 8. The second-order valence-electron chi connectivity index (χ2n) is 5.45. The molecule has 0 aliphatic carbocycles. The Hall–Kier alpha value is -2.19. The van der Waals surface area contributed by atoms with E-state index < -0.39 is 26.6 Å². The van der Waals surface area contributed by atoms with Crippen molar-refractivity contribution in [2.75, 3.05) is 20.3 Å². The Morgan fingerprint density at radius 1 is 1.00 bits per heavy atom. The molecule has 0 atom stereocenters. The summed E-state index contributed by atoms with van der Waals surface area (Å²) in [4.78, 5) is -0.422. The van der Waals surface area contributed by atoms with Gasteiger partial charge in [-0.25, -0.2) is 17.2 Å². The van der Waals surface area contributed by atoms with Crippen molar-refractivity contribution in [2.45, 2.75) is 25.3 Å². The minimum absolute atomic E-state index is 0.0275. The molecule has 0 unspecified atom stereocenters. The Morgan fingerprint density at radius 2 is 1.65 bits per heavy atom. The largest absolute Gasteiger partial charge is 0.493 e. The molecule has 0 amide bonds. The highest BCUT2D eigenvalue weighted by atomic mass is 32.2. The highest BCUT2D eigenvalue weighted by Crippen LogP contribution is 2.29. The van der Waals surface area contributed by atoms with Crippen molar-refractivity contribution < 1.29 is 26.7 Å². The normalized spacial score (nSPS) is 11.6. The third-order valence-corrected chi connectivity index (χ3v) is 5.61. The summed E-state index contributed by atoms with van der Waals surface area (Å²) in [5.41, 5.74) is 0.660. The Balaban J connectivity index is 2.33. The first-order chi connectivity index (χ1) is 12.3.